The molecule has 0 radical (unpaired) electrons. The number of aromatic amines is 1. The minimum atomic E-state index is -0.644. The van der Waals surface area contributed by atoms with Gasteiger partial charge in [-0.25, -0.2) is 0 Å². The zero-order chi connectivity index (χ0) is 16.2. The van der Waals surface area contributed by atoms with Crippen LogP contribution in [0.25, 0.3) is 0 Å². The first-order valence-corrected chi connectivity index (χ1v) is 7.95. The largest absolute Gasteiger partial charge is 0.391 e. The Balaban J connectivity index is 1.62. The Morgan fingerprint density at radius 3 is 2.96 bits per heavy atom. The molecule has 1 aromatic carbocycles. The summed E-state index contributed by atoms with van der Waals surface area (Å²) in [6.07, 6.45) is 0.707. The molecular formula is C17H22N4O2. The molecule has 1 aliphatic rings. The molecule has 0 bridgehead atoms. The lowest BCUT2D eigenvalue weighted by atomic mass is 10.0. The van der Waals surface area contributed by atoms with Gasteiger partial charge in [-0.1, -0.05) is 30.3 Å². The Hall–Kier alpha value is -2.18. The number of H-pyrrole nitrogens is 1. The van der Waals surface area contributed by atoms with Crippen LogP contribution in [-0.4, -0.2) is 39.9 Å². The Bertz CT molecular complexity index is 668. The van der Waals surface area contributed by atoms with Crippen LogP contribution in [0.5, 0.6) is 0 Å². The highest BCUT2D eigenvalue weighted by molar-refractivity contribution is 5.94. The van der Waals surface area contributed by atoms with Gasteiger partial charge in [0, 0.05) is 37.2 Å². The van der Waals surface area contributed by atoms with Crippen molar-refractivity contribution in [1.82, 2.24) is 20.8 Å². The van der Waals surface area contributed by atoms with Crippen molar-refractivity contribution in [2.24, 2.45) is 0 Å². The third-order valence-corrected chi connectivity index (χ3v) is 4.25. The Morgan fingerprint density at radius 2 is 2.17 bits per heavy atom. The summed E-state index contributed by atoms with van der Waals surface area (Å²) in [5.74, 6) is -0.245. The highest BCUT2D eigenvalue weighted by Gasteiger charge is 2.24. The standard InChI is InChI=1S/C17H22N4O2/c1-11(15(22)9-12-5-3-2-4-6-12)19-17(23)16-13-10-18-8-7-14(13)20-21-16/h2-6,11,15,18,22H,7-10H2,1H3,(H,19,23)(H,20,21). The van der Waals surface area contributed by atoms with Crippen LogP contribution in [0.1, 0.15) is 34.2 Å². The summed E-state index contributed by atoms with van der Waals surface area (Å²) in [6.45, 7) is 3.35. The van der Waals surface area contributed by atoms with Crippen molar-refractivity contribution in [2.45, 2.75) is 38.5 Å². The lowest BCUT2D eigenvalue weighted by molar-refractivity contribution is 0.0846. The molecule has 0 spiro atoms. The summed E-state index contributed by atoms with van der Waals surface area (Å²) >= 11 is 0. The molecule has 0 fully saturated rings. The van der Waals surface area contributed by atoms with Crippen LogP contribution < -0.4 is 10.6 Å². The van der Waals surface area contributed by atoms with E-state index in [-0.39, 0.29) is 11.9 Å². The summed E-state index contributed by atoms with van der Waals surface area (Å²) in [5, 5.41) is 23.5. The average molecular weight is 314 g/mol. The normalized spacial score (nSPS) is 16.4. The van der Waals surface area contributed by atoms with Gasteiger partial charge in [0.05, 0.1) is 12.1 Å². The molecule has 3 rings (SSSR count). The number of amides is 1. The molecule has 1 aromatic heterocycles. The number of aromatic nitrogens is 2. The average Bonchev–Trinajstić information content (AvgIpc) is 2.99. The highest BCUT2D eigenvalue weighted by atomic mass is 16.3. The first-order valence-electron chi connectivity index (χ1n) is 7.95. The highest BCUT2D eigenvalue weighted by Crippen LogP contribution is 2.15. The number of aliphatic hydroxyl groups is 1. The Labute approximate surface area is 135 Å². The van der Waals surface area contributed by atoms with E-state index >= 15 is 0 Å². The van der Waals surface area contributed by atoms with E-state index in [9.17, 15) is 9.90 Å². The smallest absolute Gasteiger partial charge is 0.272 e. The molecule has 23 heavy (non-hydrogen) atoms. The summed E-state index contributed by atoms with van der Waals surface area (Å²) < 4.78 is 0. The lowest BCUT2D eigenvalue weighted by Crippen LogP contribution is -2.42. The van der Waals surface area contributed by atoms with E-state index in [0.29, 0.717) is 18.7 Å². The maximum absolute atomic E-state index is 12.4. The monoisotopic (exact) mass is 314 g/mol. The first-order chi connectivity index (χ1) is 11.1. The predicted molar refractivity (Wildman–Crippen MR) is 87.1 cm³/mol. The second-order valence-corrected chi connectivity index (χ2v) is 5.98. The number of carbonyl (C=O) groups excluding carboxylic acids is 1. The summed E-state index contributed by atoms with van der Waals surface area (Å²) in [4.78, 5) is 12.4. The van der Waals surface area contributed by atoms with Crippen molar-refractivity contribution in [3.63, 3.8) is 0 Å². The zero-order valence-electron chi connectivity index (χ0n) is 13.2. The molecule has 0 saturated carbocycles. The number of benzene rings is 1. The molecule has 122 valence electrons. The van der Waals surface area contributed by atoms with Crippen LogP contribution in [-0.2, 0) is 19.4 Å². The third kappa shape index (κ3) is 3.60. The van der Waals surface area contributed by atoms with Crippen molar-refractivity contribution >= 4 is 5.91 Å². The number of nitrogens with zero attached hydrogens (tertiary/aromatic N) is 1. The van der Waals surface area contributed by atoms with Crippen LogP contribution in [0.3, 0.4) is 0 Å². The molecule has 2 atom stereocenters. The molecule has 4 N–H and O–H groups in total. The minimum Gasteiger partial charge on any atom is -0.391 e. The van der Waals surface area contributed by atoms with E-state index in [4.69, 9.17) is 0 Å². The SMILES string of the molecule is CC(NC(=O)c1n[nH]c2c1CNCC2)C(O)Cc1ccccc1. The number of rotatable bonds is 5. The van der Waals surface area contributed by atoms with Gasteiger partial charge in [-0.05, 0) is 12.5 Å². The number of hydrogen-bond donors (Lipinski definition) is 4. The summed E-state index contributed by atoms with van der Waals surface area (Å²) in [6, 6.07) is 9.39. The van der Waals surface area contributed by atoms with E-state index in [2.05, 4.69) is 20.8 Å². The quantitative estimate of drug-likeness (QED) is 0.656. The number of nitrogens with one attached hydrogen (secondary N) is 3. The van der Waals surface area contributed by atoms with Crippen molar-refractivity contribution in [3.05, 3.63) is 52.8 Å². The van der Waals surface area contributed by atoms with Crippen LogP contribution in [0, 0.1) is 0 Å². The fourth-order valence-electron chi connectivity index (χ4n) is 2.82. The Morgan fingerprint density at radius 1 is 1.39 bits per heavy atom. The van der Waals surface area contributed by atoms with Gasteiger partial charge >= 0.3 is 0 Å². The molecule has 0 aliphatic carbocycles. The number of hydrogen-bond acceptors (Lipinski definition) is 4. The van der Waals surface area contributed by atoms with Gasteiger partial charge in [-0.3, -0.25) is 9.89 Å². The Kier molecular flexibility index (Phi) is 4.73. The first kappa shape index (κ1) is 15.7. The fraction of sp³-hybridized carbons (Fsp3) is 0.412. The molecule has 6 nitrogen and oxygen atoms in total. The maximum atomic E-state index is 12.4. The second-order valence-electron chi connectivity index (χ2n) is 5.98. The lowest BCUT2D eigenvalue weighted by Gasteiger charge is -2.20. The van der Waals surface area contributed by atoms with Gasteiger partial charge in [-0.2, -0.15) is 5.10 Å². The van der Waals surface area contributed by atoms with Crippen LogP contribution in [0.2, 0.25) is 0 Å². The van der Waals surface area contributed by atoms with Crippen LogP contribution >= 0.6 is 0 Å². The number of fused-ring (bicyclic) bond motifs is 1. The molecule has 0 saturated heterocycles. The predicted octanol–water partition coefficient (Wildman–Crippen LogP) is 0.777. The third-order valence-electron chi connectivity index (χ3n) is 4.25. The molecule has 1 amide bonds. The van der Waals surface area contributed by atoms with Gasteiger partial charge in [0.25, 0.3) is 5.91 Å². The number of aliphatic hydroxyl groups excluding tert-OH is 1. The number of carbonyl (C=O) groups is 1. The maximum Gasteiger partial charge on any atom is 0.272 e. The molecular weight excluding hydrogens is 292 g/mol. The van der Waals surface area contributed by atoms with E-state index < -0.39 is 6.10 Å². The minimum absolute atomic E-state index is 0.245. The van der Waals surface area contributed by atoms with Gasteiger partial charge in [-0.15, -0.1) is 0 Å². The molecule has 6 heteroatoms. The van der Waals surface area contributed by atoms with Crippen molar-refractivity contribution in [3.8, 4) is 0 Å². The van der Waals surface area contributed by atoms with Gasteiger partial charge in [0.15, 0.2) is 5.69 Å². The van der Waals surface area contributed by atoms with E-state index in [0.717, 1.165) is 29.8 Å². The summed E-state index contributed by atoms with van der Waals surface area (Å²) in [5.41, 5.74) is 3.42. The topological polar surface area (TPSA) is 90.0 Å². The zero-order valence-corrected chi connectivity index (χ0v) is 13.2. The van der Waals surface area contributed by atoms with E-state index in [1.54, 1.807) is 0 Å². The summed E-state index contributed by atoms with van der Waals surface area (Å²) in [7, 11) is 0. The van der Waals surface area contributed by atoms with Gasteiger partial charge < -0.3 is 15.7 Å². The van der Waals surface area contributed by atoms with E-state index in [1.807, 2.05) is 37.3 Å². The van der Waals surface area contributed by atoms with E-state index in [1.165, 1.54) is 0 Å². The second kappa shape index (κ2) is 6.93. The van der Waals surface area contributed by atoms with Crippen LogP contribution in [0.15, 0.2) is 30.3 Å². The van der Waals surface area contributed by atoms with Crippen molar-refractivity contribution < 1.29 is 9.90 Å². The van der Waals surface area contributed by atoms with Gasteiger partial charge in [0.1, 0.15) is 0 Å². The molecule has 1 aliphatic heterocycles. The van der Waals surface area contributed by atoms with Crippen molar-refractivity contribution in [2.75, 3.05) is 6.54 Å². The molecule has 2 heterocycles. The molecule has 2 unspecified atom stereocenters. The van der Waals surface area contributed by atoms with Gasteiger partial charge in [0.2, 0.25) is 0 Å². The van der Waals surface area contributed by atoms with Crippen molar-refractivity contribution in [1.29, 1.82) is 0 Å². The van der Waals surface area contributed by atoms with Crippen LogP contribution in [0.4, 0.5) is 0 Å². The fourth-order valence-corrected chi connectivity index (χ4v) is 2.82. The molecule has 2 aromatic rings.